The van der Waals surface area contributed by atoms with Crippen molar-refractivity contribution in [2.45, 2.75) is 30.8 Å². The average Bonchev–Trinajstić information content (AvgIpc) is 3.09. The largest absolute Gasteiger partial charge is 0.493 e. The lowest BCUT2D eigenvalue weighted by Crippen LogP contribution is -2.58. The third kappa shape index (κ3) is 6.02. The Morgan fingerprint density at radius 3 is 2.26 bits per heavy atom. The fourth-order valence-electron chi connectivity index (χ4n) is 3.40. The third-order valence-electron chi connectivity index (χ3n) is 5.18. The number of para-hydroxylation sites is 1. The first-order chi connectivity index (χ1) is 16.5. The molecule has 1 aliphatic heterocycles. The van der Waals surface area contributed by atoms with Crippen LogP contribution in [0.4, 0.5) is 0 Å². The molecule has 1 atom stereocenters. The molecule has 1 aliphatic rings. The SMILES string of the molecule is COc1cc(S(C)(=O)=O)c(C)cc1OCCNC1(C(O)COc2ccccc2C)OC(=O)C(=O)O1. The maximum Gasteiger partial charge on any atom is 0.422 e. The summed E-state index contributed by atoms with van der Waals surface area (Å²) in [6, 6.07) is 9.99. The molecule has 0 aromatic heterocycles. The van der Waals surface area contributed by atoms with Crippen LogP contribution in [0, 0.1) is 13.8 Å². The summed E-state index contributed by atoms with van der Waals surface area (Å²) in [6.45, 7) is 3.01. The van der Waals surface area contributed by atoms with Gasteiger partial charge in [-0.05, 0) is 37.1 Å². The monoisotopic (exact) mass is 509 g/mol. The van der Waals surface area contributed by atoms with Gasteiger partial charge in [-0.3, -0.25) is 0 Å². The fourth-order valence-corrected chi connectivity index (χ4v) is 4.37. The molecule has 12 heteroatoms. The molecule has 0 aliphatic carbocycles. The Morgan fingerprint density at radius 2 is 1.66 bits per heavy atom. The van der Waals surface area contributed by atoms with E-state index in [2.05, 4.69) is 5.32 Å². The number of aliphatic hydroxyl groups is 1. The predicted octanol–water partition coefficient (Wildman–Crippen LogP) is 0.878. The van der Waals surface area contributed by atoms with E-state index in [0.29, 0.717) is 11.3 Å². The number of rotatable bonds is 11. The average molecular weight is 510 g/mol. The van der Waals surface area contributed by atoms with Crippen LogP contribution in [-0.2, 0) is 28.9 Å². The van der Waals surface area contributed by atoms with Crippen molar-refractivity contribution in [2.75, 3.05) is 33.1 Å². The smallest absolute Gasteiger partial charge is 0.422 e. The van der Waals surface area contributed by atoms with Gasteiger partial charge in [0.25, 0.3) is 0 Å². The summed E-state index contributed by atoms with van der Waals surface area (Å²) < 4.78 is 50.4. The number of benzene rings is 2. The molecule has 0 spiro atoms. The van der Waals surface area contributed by atoms with Gasteiger partial charge in [0, 0.05) is 18.9 Å². The number of aryl methyl sites for hydroxylation is 2. The van der Waals surface area contributed by atoms with E-state index in [4.69, 9.17) is 23.7 Å². The van der Waals surface area contributed by atoms with Crippen LogP contribution in [0.3, 0.4) is 0 Å². The Morgan fingerprint density at radius 1 is 1.00 bits per heavy atom. The predicted molar refractivity (Wildman–Crippen MR) is 122 cm³/mol. The van der Waals surface area contributed by atoms with Gasteiger partial charge < -0.3 is 28.8 Å². The number of carbonyl (C=O) groups excluding carboxylic acids is 2. The van der Waals surface area contributed by atoms with E-state index < -0.39 is 33.8 Å². The van der Waals surface area contributed by atoms with Gasteiger partial charge in [-0.1, -0.05) is 18.2 Å². The molecule has 1 unspecified atom stereocenters. The van der Waals surface area contributed by atoms with Crippen LogP contribution in [0.5, 0.6) is 17.2 Å². The minimum Gasteiger partial charge on any atom is -0.493 e. The molecule has 0 amide bonds. The van der Waals surface area contributed by atoms with Crippen molar-refractivity contribution in [3.8, 4) is 17.2 Å². The molecule has 35 heavy (non-hydrogen) atoms. The number of esters is 2. The second-order valence-corrected chi connectivity index (χ2v) is 9.84. The summed E-state index contributed by atoms with van der Waals surface area (Å²) in [6.07, 6.45) is -0.472. The van der Waals surface area contributed by atoms with Crippen molar-refractivity contribution >= 4 is 21.8 Å². The molecule has 3 rings (SSSR count). The van der Waals surface area contributed by atoms with Gasteiger partial charge in [0.05, 0.1) is 12.0 Å². The molecule has 1 saturated heterocycles. The van der Waals surface area contributed by atoms with Crippen molar-refractivity contribution < 1.29 is 46.8 Å². The zero-order valence-electron chi connectivity index (χ0n) is 19.7. The minimum absolute atomic E-state index is 0.0436. The third-order valence-corrected chi connectivity index (χ3v) is 6.41. The first-order valence-corrected chi connectivity index (χ1v) is 12.5. The van der Waals surface area contributed by atoms with Crippen molar-refractivity contribution in [1.82, 2.24) is 5.32 Å². The lowest BCUT2D eigenvalue weighted by molar-refractivity contribution is -0.240. The zero-order valence-corrected chi connectivity index (χ0v) is 20.5. The number of hydrogen-bond donors (Lipinski definition) is 2. The highest BCUT2D eigenvalue weighted by molar-refractivity contribution is 7.90. The van der Waals surface area contributed by atoms with E-state index in [-0.39, 0.29) is 36.2 Å². The van der Waals surface area contributed by atoms with E-state index in [0.717, 1.165) is 11.8 Å². The Hall–Kier alpha value is -3.35. The van der Waals surface area contributed by atoms with Crippen LogP contribution in [0.1, 0.15) is 11.1 Å². The van der Waals surface area contributed by atoms with E-state index in [1.165, 1.54) is 19.2 Å². The fraction of sp³-hybridized carbons (Fsp3) is 0.391. The Labute approximate surface area is 202 Å². The summed E-state index contributed by atoms with van der Waals surface area (Å²) in [4.78, 5) is 23.6. The van der Waals surface area contributed by atoms with Gasteiger partial charge in [0.1, 0.15) is 19.0 Å². The summed E-state index contributed by atoms with van der Waals surface area (Å²) in [5.74, 6) is -3.71. The van der Waals surface area contributed by atoms with Crippen LogP contribution in [0.25, 0.3) is 0 Å². The van der Waals surface area contributed by atoms with E-state index in [9.17, 15) is 23.1 Å². The molecular weight excluding hydrogens is 482 g/mol. The van der Waals surface area contributed by atoms with Gasteiger partial charge in [-0.25, -0.2) is 23.3 Å². The number of ether oxygens (including phenoxy) is 5. The number of methoxy groups -OCH3 is 1. The molecule has 190 valence electrons. The lowest BCUT2D eigenvalue weighted by atomic mass is 10.2. The first kappa shape index (κ1) is 26.3. The van der Waals surface area contributed by atoms with E-state index >= 15 is 0 Å². The highest BCUT2D eigenvalue weighted by Gasteiger charge is 2.54. The number of carbonyl (C=O) groups is 2. The van der Waals surface area contributed by atoms with Crippen molar-refractivity contribution in [3.63, 3.8) is 0 Å². The topological polar surface area (TPSA) is 147 Å². The number of nitrogens with one attached hydrogen (secondary N) is 1. The van der Waals surface area contributed by atoms with Gasteiger partial charge in [-0.2, -0.15) is 0 Å². The van der Waals surface area contributed by atoms with Crippen molar-refractivity contribution in [2.24, 2.45) is 0 Å². The summed E-state index contributed by atoms with van der Waals surface area (Å²) in [7, 11) is -2.09. The molecule has 1 heterocycles. The maximum absolute atomic E-state index is 11.9. The second-order valence-electron chi connectivity index (χ2n) is 7.85. The van der Waals surface area contributed by atoms with Crippen LogP contribution >= 0.6 is 0 Å². The quantitative estimate of drug-likeness (QED) is 0.253. The van der Waals surface area contributed by atoms with Crippen molar-refractivity contribution in [3.05, 3.63) is 47.5 Å². The Balaban J connectivity index is 1.67. The maximum atomic E-state index is 11.9. The standard InChI is InChI=1S/C23H27NO10S/c1-14-7-5-6-8-16(14)32-13-20(25)23(33-21(26)22(27)34-23)24-9-10-31-18-11-15(2)19(35(4,28)29)12-17(18)30-3/h5-8,11-12,20,24-25H,9-10,13H2,1-4H3. The van der Waals surface area contributed by atoms with Crippen LogP contribution in [0.15, 0.2) is 41.3 Å². The summed E-state index contributed by atoms with van der Waals surface area (Å²) >= 11 is 0. The molecule has 2 aromatic rings. The number of hydrogen-bond acceptors (Lipinski definition) is 11. The second kappa shape index (κ2) is 10.5. The number of cyclic esters (lactones) is 2. The molecule has 0 bridgehead atoms. The van der Waals surface area contributed by atoms with Crippen LogP contribution < -0.4 is 19.5 Å². The molecule has 1 fully saturated rings. The molecule has 11 nitrogen and oxygen atoms in total. The van der Waals surface area contributed by atoms with Gasteiger partial charge in [0.2, 0.25) is 0 Å². The zero-order chi connectivity index (χ0) is 25.8. The minimum atomic E-state index is -3.46. The molecule has 2 aromatic carbocycles. The van der Waals surface area contributed by atoms with Gasteiger partial charge in [0.15, 0.2) is 27.4 Å². The van der Waals surface area contributed by atoms with Crippen LogP contribution in [-0.4, -0.2) is 70.6 Å². The Kier molecular flexibility index (Phi) is 7.88. The van der Waals surface area contributed by atoms with Gasteiger partial charge >= 0.3 is 17.8 Å². The number of aliphatic hydroxyl groups excluding tert-OH is 1. The molecule has 0 radical (unpaired) electrons. The van der Waals surface area contributed by atoms with E-state index in [1.807, 2.05) is 19.1 Å². The van der Waals surface area contributed by atoms with Gasteiger partial charge in [-0.15, -0.1) is 0 Å². The highest BCUT2D eigenvalue weighted by Crippen LogP contribution is 2.33. The normalized spacial score (nSPS) is 15.8. The Bertz CT molecular complexity index is 1190. The highest BCUT2D eigenvalue weighted by atomic mass is 32.2. The molecule has 2 N–H and O–H groups in total. The summed E-state index contributed by atoms with van der Waals surface area (Å²) in [5, 5.41) is 13.4. The van der Waals surface area contributed by atoms with E-state index in [1.54, 1.807) is 19.1 Å². The number of sulfone groups is 1. The lowest BCUT2D eigenvalue weighted by Gasteiger charge is -2.30. The molecular formula is C23H27NO10S. The van der Waals surface area contributed by atoms with Crippen LogP contribution in [0.2, 0.25) is 0 Å². The molecule has 0 saturated carbocycles. The first-order valence-electron chi connectivity index (χ1n) is 10.6. The van der Waals surface area contributed by atoms with Crippen molar-refractivity contribution in [1.29, 1.82) is 0 Å². The summed E-state index contributed by atoms with van der Waals surface area (Å²) in [5.41, 5.74) is 1.29.